The molecule has 3 fully saturated rings. The number of carboxylic acid groups (broad SMARTS) is 1. The first-order chi connectivity index (χ1) is 21.6. The highest BCUT2D eigenvalue weighted by Gasteiger charge is 2.59. The van der Waals surface area contributed by atoms with Gasteiger partial charge in [0.2, 0.25) is 0 Å². The smallest absolute Gasteiger partial charge is 0.303 e. The highest BCUT2D eigenvalue weighted by molar-refractivity contribution is 5.66. The molecule has 0 saturated heterocycles. The molecule has 4 rings (SSSR count). The van der Waals surface area contributed by atoms with Crippen molar-refractivity contribution in [3.63, 3.8) is 0 Å². The second-order valence-corrected chi connectivity index (χ2v) is 17.9. The van der Waals surface area contributed by atoms with E-state index >= 15 is 0 Å². The average Bonchev–Trinajstić information content (AvgIpc) is 3.36. The molecule has 0 radical (unpaired) electrons. The second kappa shape index (κ2) is 18.1. The van der Waals surface area contributed by atoms with Gasteiger partial charge < -0.3 is 5.11 Å². The number of fused-ring (bicyclic) bond motifs is 5. The number of rotatable bonds is 21. The fourth-order valence-corrected chi connectivity index (χ4v) is 11.7. The van der Waals surface area contributed by atoms with Crippen LogP contribution in [0.2, 0.25) is 0 Å². The van der Waals surface area contributed by atoms with Gasteiger partial charge in [0.1, 0.15) is 0 Å². The van der Waals surface area contributed by atoms with E-state index in [1.165, 1.54) is 148 Å². The zero-order valence-corrected chi connectivity index (χ0v) is 30.9. The van der Waals surface area contributed by atoms with Gasteiger partial charge in [0.15, 0.2) is 0 Å². The van der Waals surface area contributed by atoms with Crippen LogP contribution in [-0.4, -0.2) is 11.1 Å². The number of unbranched alkanes of at least 4 members (excludes halogenated alkanes) is 12. The quantitative estimate of drug-likeness (QED) is 0.102. The van der Waals surface area contributed by atoms with Crippen LogP contribution in [0, 0.1) is 52.3 Å². The molecule has 0 amide bonds. The zero-order valence-electron chi connectivity index (χ0n) is 30.9. The van der Waals surface area contributed by atoms with E-state index in [-0.39, 0.29) is 0 Å². The van der Waals surface area contributed by atoms with E-state index in [0.29, 0.717) is 17.3 Å². The fraction of sp³-hybridized carbons (Fsp3) is 0.930. The third-order valence-corrected chi connectivity index (χ3v) is 14.4. The Kier molecular flexibility index (Phi) is 14.9. The van der Waals surface area contributed by atoms with Crippen LogP contribution in [0.25, 0.3) is 0 Å². The largest absolute Gasteiger partial charge is 0.481 e. The molecule has 3 saturated carbocycles. The van der Waals surface area contributed by atoms with Gasteiger partial charge in [-0.2, -0.15) is 0 Å². The molecule has 2 heteroatoms. The highest BCUT2D eigenvalue weighted by atomic mass is 16.4. The minimum absolute atomic E-state index is 0.345. The summed E-state index contributed by atoms with van der Waals surface area (Å²) in [6.45, 7) is 12.9. The van der Waals surface area contributed by atoms with Crippen LogP contribution in [0.3, 0.4) is 0 Å². The minimum atomic E-state index is -0.646. The van der Waals surface area contributed by atoms with Crippen molar-refractivity contribution >= 4 is 5.97 Å². The summed E-state index contributed by atoms with van der Waals surface area (Å²) in [5.74, 6) is 5.99. The van der Waals surface area contributed by atoms with Crippen molar-refractivity contribution in [1.82, 2.24) is 0 Å². The molecule has 0 aromatic carbocycles. The van der Waals surface area contributed by atoms with Crippen LogP contribution < -0.4 is 0 Å². The van der Waals surface area contributed by atoms with Gasteiger partial charge in [-0.15, -0.1) is 0 Å². The van der Waals surface area contributed by atoms with E-state index < -0.39 is 5.97 Å². The Morgan fingerprint density at radius 2 is 1.38 bits per heavy atom. The summed E-state index contributed by atoms with van der Waals surface area (Å²) in [4.78, 5) is 10.6. The first-order valence-corrected chi connectivity index (χ1v) is 20.6. The van der Waals surface area contributed by atoms with Crippen molar-refractivity contribution in [2.45, 2.75) is 202 Å². The molecule has 4 aliphatic carbocycles. The predicted octanol–water partition coefficient (Wildman–Crippen LogP) is 13.6. The van der Waals surface area contributed by atoms with Gasteiger partial charge in [0.05, 0.1) is 0 Å². The number of carboxylic acids is 1. The summed E-state index contributed by atoms with van der Waals surface area (Å²) < 4.78 is 0. The molecule has 1 N–H and O–H groups in total. The fourth-order valence-electron chi connectivity index (χ4n) is 11.7. The van der Waals surface area contributed by atoms with Crippen molar-refractivity contribution in [2.75, 3.05) is 0 Å². The van der Waals surface area contributed by atoms with Crippen LogP contribution in [0.1, 0.15) is 202 Å². The first kappa shape index (κ1) is 37.0. The summed E-state index contributed by atoms with van der Waals surface area (Å²) in [5.41, 5.74) is 3.03. The maximum Gasteiger partial charge on any atom is 0.303 e. The van der Waals surface area contributed by atoms with E-state index in [2.05, 4.69) is 40.7 Å². The maximum absolute atomic E-state index is 10.6. The molecule has 0 aromatic rings. The lowest BCUT2D eigenvalue weighted by molar-refractivity contribution is -0.137. The van der Waals surface area contributed by atoms with Gasteiger partial charge >= 0.3 is 5.97 Å². The molecule has 8 atom stereocenters. The molecule has 0 bridgehead atoms. The normalized spacial score (nSPS) is 33.4. The number of carbonyl (C=O) groups is 1. The van der Waals surface area contributed by atoms with Crippen molar-refractivity contribution in [3.05, 3.63) is 11.6 Å². The predicted molar refractivity (Wildman–Crippen MR) is 193 cm³/mol. The Hall–Kier alpha value is -0.790. The number of allylic oxidation sites excluding steroid dienone is 2. The monoisotopic (exact) mass is 625 g/mol. The summed E-state index contributed by atoms with van der Waals surface area (Å²) in [7, 11) is 0. The summed E-state index contributed by atoms with van der Waals surface area (Å²) in [5, 5.41) is 8.71. The summed E-state index contributed by atoms with van der Waals surface area (Å²) >= 11 is 0. The maximum atomic E-state index is 10.6. The van der Waals surface area contributed by atoms with Gasteiger partial charge in [-0.3, -0.25) is 4.79 Å². The van der Waals surface area contributed by atoms with Crippen molar-refractivity contribution in [2.24, 2.45) is 52.3 Å². The van der Waals surface area contributed by atoms with E-state index in [1.54, 1.807) is 0 Å². The van der Waals surface area contributed by atoms with Crippen LogP contribution >= 0.6 is 0 Å². The van der Waals surface area contributed by atoms with E-state index in [9.17, 15) is 4.79 Å². The van der Waals surface area contributed by atoms with Crippen molar-refractivity contribution in [1.29, 1.82) is 0 Å². The summed E-state index contributed by atoms with van der Waals surface area (Å²) in [6, 6.07) is 0. The van der Waals surface area contributed by atoms with E-state index in [4.69, 9.17) is 5.11 Å². The number of hydrogen-bond donors (Lipinski definition) is 1. The molecule has 0 aromatic heterocycles. The lowest BCUT2D eigenvalue weighted by atomic mass is 9.46. The standard InChI is InChI=1S/C43H76O2/c1-33(2)20-19-21-34(3)38-26-27-39-37-25-24-36-32-35(28-30-42(36,4)40(37)29-31-43(38,39)5)22-17-15-13-11-9-7-6-8-10-12-14-16-18-23-41(44)45/h24,33-35,37-40H,6-23,25-32H2,1-5H3,(H,44,45)/t34-,35?,37?,38-,39?,40?,42+,43-/m1/s1. The van der Waals surface area contributed by atoms with Crippen LogP contribution in [0.15, 0.2) is 11.6 Å². The number of aliphatic carboxylic acids is 1. The Morgan fingerprint density at radius 3 is 2.00 bits per heavy atom. The van der Waals surface area contributed by atoms with Crippen LogP contribution in [0.4, 0.5) is 0 Å². The molecular weight excluding hydrogens is 548 g/mol. The Bertz CT molecular complexity index is 904. The molecule has 45 heavy (non-hydrogen) atoms. The van der Waals surface area contributed by atoms with Crippen molar-refractivity contribution in [3.8, 4) is 0 Å². The van der Waals surface area contributed by atoms with Gasteiger partial charge in [-0.1, -0.05) is 149 Å². The molecule has 0 spiro atoms. The summed E-state index contributed by atoms with van der Waals surface area (Å²) in [6.07, 6.45) is 38.0. The average molecular weight is 625 g/mol. The molecule has 0 heterocycles. The van der Waals surface area contributed by atoms with Crippen LogP contribution in [-0.2, 0) is 4.79 Å². The topological polar surface area (TPSA) is 37.3 Å². The highest BCUT2D eigenvalue weighted by Crippen LogP contribution is 2.67. The number of hydrogen-bond acceptors (Lipinski definition) is 1. The zero-order chi connectivity index (χ0) is 32.3. The van der Waals surface area contributed by atoms with Gasteiger partial charge in [0, 0.05) is 6.42 Å². The third kappa shape index (κ3) is 10.1. The first-order valence-electron chi connectivity index (χ1n) is 20.6. The van der Waals surface area contributed by atoms with Gasteiger partial charge in [-0.05, 0) is 110 Å². The second-order valence-electron chi connectivity index (χ2n) is 17.9. The molecule has 4 aliphatic rings. The van der Waals surface area contributed by atoms with Crippen molar-refractivity contribution < 1.29 is 9.90 Å². The molecule has 4 unspecified atom stereocenters. The van der Waals surface area contributed by atoms with E-state index in [1.807, 2.05) is 5.57 Å². The molecular formula is C43H76O2. The lowest BCUT2D eigenvalue weighted by Gasteiger charge is -2.58. The molecule has 260 valence electrons. The van der Waals surface area contributed by atoms with Gasteiger partial charge in [-0.25, -0.2) is 0 Å². The van der Waals surface area contributed by atoms with Gasteiger partial charge in [0.25, 0.3) is 0 Å². The van der Waals surface area contributed by atoms with E-state index in [0.717, 1.165) is 54.3 Å². The van der Waals surface area contributed by atoms with Crippen LogP contribution in [0.5, 0.6) is 0 Å². The SMILES string of the molecule is CC(C)CCC[C@@H](C)[C@H]1CCC2C3CC=C4CC(CCCCCCCCCCCCCCCC(=O)O)CC[C@]4(C)C3CC[C@@]21C. The third-order valence-electron chi connectivity index (χ3n) is 14.4. The lowest BCUT2D eigenvalue weighted by Crippen LogP contribution is -2.50. The molecule has 0 aliphatic heterocycles. The molecule has 2 nitrogen and oxygen atoms in total. The Balaban J connectivity index is 1.10. The minimum Gasteiger partial charge on any atom is -0.481 e. The Labute approximate surface area is 280 Å². The Morgan fingerprint density at radius 1 is 0.756 bits per heavy atom.